The van der Waals surface area contributed by atoms with Crippen LogP contribution in [0.3, 0.4) is 0 Å². The van der Waals surface area contributed by atoms with E-state index in [2.05, 4.69) is 58.0 Å². The summed E-state index contributed by atoms with van der Waals surface area (Å²) >= 11 is 0. The standard InChI is InChI=1S/C28H30N6O/c1-19(2)34-18-20(24-14-23(35-3)11-12-26(24)34)17-33-13-5-7-27(33)25-6-4-8-28(32-25)31-22-10-9-21(15-29)30-16-22/h4,6,8-12,14,16,18-19,27H,5,7,13,17H2,1-3H3,(H,31,32). The van der Waals surface area contributed by atoms with Crippen LogP contribution in [0.15, 0.2) is 60.9 Å². The molecule has 0 spiro atoms. The fourth-order valence-corrected chi connectivity index (χ4v) is 4.94. The number of rotatable bonds is 7. The van der Waals surface area contributed by atoms with Crippen molar-refractivity contribution in [1.29, 1.82) is 5.26 Å². The molecule has 5 rings (SSSR count). The number of pyridine rings is 2. The summed E-state index contributed by atoms with van der Waals surface area (Å²) in [6.07, 6.45) is 6.19. The highest BCUT2D eigenvalue weighted by Gasteiger charge is 2.28. The maximum Gasteiger partial charge on any atom is 0.140 e. The van der Waals surface area contributed by atoms with Crippen LogP contribution >= 0.6 is 0 Å². The second-order valence-corrected chi connectivity index (χ2v) is 9.28. The van der Waals surface area contributed by atoms with Crippen LogP contribution in [0, 0.1) is 11.3 Å². The second kappa shape index (κ2) is 9.77. The number of anilines is 2. The second-order valence-electron chi connectivity index (χ2n) is 9.28. The third-order valence-electron chi connectivity index (χ3n) is 6.68. The molecule has 0 amide bonds. The van der Waals surface area contributed by atoms with Gasteiger partial charge in [-0.25, -0.2) is 9.97 Å². The first-order valence-electron chi connectivity index (χ1n) is 12.1. The average Bonchev–Trinajstić information content (AvgIpc) is 3.49. The fourth-order valence-electron chi connectivity index (χ4n) is 4.94. The van der Waals surface area contributed by atoms with Crippen molar-refractivity contribution in [3.05, 3.63) is 77.9 Å². The summed E-state index contributed by atoms with van der Waals surface area (Å²) in [5, 5.41) is 13.5. The number of nitrogens with one attached hydrogen (secondary N) is 1. The molecule has 1 aliphatic heterocycles. The van der Waals surface area contributed by atoms with Gasteiger partial charge in [-0.05, 0) is 81.3 Å². The maximum absolute atomic E-state index is 8.96. The molecule has 0 radical (unpaired) electrons. The first-order chi connectivity index (χ1) is 17.1. The molecule has 7 nitrogen and oxygen atoms in total. The van der Waals surface area contributed by atoms with Gasteiger partial charge in [0.25, 0.3) is 0 Å². The monoisotopic (exact) mass is 466 g/mol. The van der Waals surface area contributed by atoms with Gasteiger partial charge >= 0.3 is 0 Å². The Hall–Kier alpha value is -3.89. The van der Waals surface area contributed by atoms with Crippen molar-refractivity contribution in [1.82, 2.24) is 19.4 Å². The number of benzene rings is 1. The van der Waals surface area contributed by atoms with Crippen molar-refractivity contribution < 1.29 is 4.74 Å². The molecule has 1 fully saturated rings. The molecule has 178 valence electrons. The van der Waals surface area contributed by atoms with E-state index in [1.807, 2.05) is 30.3 Å². The topological polar surface area (TPSA) is 79.0 Å². The number of ether oxygens (including phenoxy) is 1. The zero-order valence-corrected chi connectivity index (χ0v) is 20.4. The highest BCUT2D eigenvalue weighted by Crippen LogP contribution is 2.36. The van der Waals surface area contributed by atoms with Gasteiger partial charge in [0, 0.05) is 29.7 Å². The number of hydrogen-bond acceptors (Lipinski definition) is 6. The summed E-state index contributed by atoms with van der Waals surface area (Å²) in [4.78, 5) is 11.6. The minimum atomic E-state index is 0.263. The van der Waals surface area contributed by atoms with Gasteiger partial charge in [-0.2, -0.15) is 5.26 Å². The van der Waals surface area contributed by atoms with E-state index in [-0.39, 0.29) is 6.04 Å². The zero-order chi connectivity index (χ0) is 24.4. The molecular formula is C28H30N6O. The minimum Gasteiger partial charge on any atom is -0.497 e. The van der Waals surface area contributed by atoms with Crippen molar-refractivity contribution in [3.63, 3.8) is 0 Å². The van der Waals surface area contributed by atoms with Crippen LogP contribution < -0.4 is 10.1 Å². The number of nitrogens with zero attached hydrogens (tertiary/aromatic N) is 5. The van der Waals surface area contributed by atoms with Crippen molar-refractivity contribution in [3.8, 4) is 11.8 Å². The molecule has 3 aromatic heterocycles. The lowest BCUT2D eigenvalue weighted by Gasteiger charge is -2.24. The highest BCUT2D eigenvalue weighted by molar-refractivity contribution is 5.85. The van der Waals surface area contributed by atoms with Crippen LogP contribution in [0.25, 0.3) is 10.9 Å². The van der Waals surface area contributed by atoms with Crippen LogP contribution in [-0.4, -0.2) is 33.1 Å². The van der Waals surface area contributed by atoms with E-state index in [9.17, 15) is 0 Å². The highest BCUT2D eigenvalue weighted by atomic mass is 16.5. The first-order valence-corrected chi connectivity index (χ1v) is 12.1. The Bertz CT molecular complexity index is 1370. The Labute approximate surface area is 206 Å². The number of aromatic nitrogens is 3. The van der Waals surface area contributed by atoms with Crippen molar-refractivity contribution in [2.75, 3.05) is 19.0 Å². The number of nitriles is 1. The summed E-state index contributed by atoms with van der Waals surface area (Å²) in [5.41, 5.74) is 4.84. The smallest absolute Gasteiger partial charge is 0.140 e. The van der Waals surface area contributed by atoms with Gasteiger partial charge in [-0.3, -0.25) is 4.90 Å². The summed E-state index contributed by atoms with van der Waals surface area (Å²) in [5.74, 6) is 1.66. The van der Waals surface area contributed by atoms with Crippen LogP contribution in [0.4, 0.5) is 11.5 Å². The van der Waals surface area contributed by atoms with Gasteiger partial charge in [-0.1, -0.05) is 6.07 Å². The van der Waals surface area contributed by atoms with E-state index in [1.165, 1.54) is 16.5 Å². The van der Waals surface area contributed by atoms with Gasteiger partial charge < -0.3 is 14.6 Å². The van der Waals surface area contributed by atoms with E-state index >= 15 is 0 Å². The average molecular weight is 467 g/mol. The van der Waals surface area contributed by atoms with Gasteiger partial charge in [0.1, 0.15) is 23.3 Å². The Balaban J connectivity index is 1.40. The molecule has 7 heteroatoms. The summed E-state index contributed by atoms with van der Waals surface area (Å²) in [7, 11) is 1.72. The van der Waals surface area contributed by atoms with Crippen molar-refractivity contribution >= 4 is 22.4 Å². The van der Waals surface area contributed by atoms with Crippen molar-refractivity contribution in [2.45, 2.75) is 45.3 Å². The number of fused-ring (bicyclic) bond motifs is 1. The zero-order valence-electron chi connectivity index (χ0n) is 20.4. The van der Waals surface area contributed by atoms with E-state index < -0.39 is 0 Å². The van der Waals surface area contributed by atoms with E-state index in [0.29, 0.717) is 11.7 Å². The lowest BCUT2D eigenvalue weighted by atomic mass is 10.1. The maximum atomic E-state index is 8.96. The molecular weight excluding hydrogens is 436 g/mol. The van der Waals surface area contributed by atoms with Crippen LogP contribution in [-0.2, 0) is 6.54 Å². The Morgan fingerprint density at radius 2 is 2.09 bits per heavy atom. The van der Waals surface area contributed by atoms with Gasteiger partial charge in [0.2, 0.25) is 0 Å². The summed E-state index contributed by atoms with van der Waals surface area (Å²) < 4.78 is 7.87. The number of methoxy groups -OCH3 is 1. The third-order valence-corrected chi connectivity index (χ3v) is 6.68. The van der Waals surface area contributed by atoms with Gasteiger partial charge in [0.05, 0.1) is 30.7 Å². The van der Waals surface area contributed by atoms with Gasteiger partial charge in [-0.15, -0.1) is 0 Å². The van der Waals surface area contributed by atoms with E-state index in [0.717, 1.165) is 48.9 Å². The molecule has 35 heavy (non-hydrogen) atoms. The Morgan fingerprint density at radius 3 is 2.83 bits per heavy atom. The number of hydrogen-bond donors (Lipinski definition) is 1. The normalized spacial score (nSPS) is 16.0. The van der Waals surface area contributed by atoms with Crippen LogP contribution in [0.1, 0.15) is 55.7 Å². The van der Waals surface area contributed by atoms with Crippen LogP contribution in [0.2, 0.25) is 0 Å². The predicted molar refractivity (Wildman–Crippen MR) is 138 cm³/mol. The molecule has 0 aliphatic carbocycles. The Morgan fingerprint density at radius 1 is 1.20 bits per heavy atom. The Kier molecular flexibility index (Phi) is 6.39. The van der Waals surface area contributed by atoms with Crippen LogP contribution in [0.5, 0.6) is 5.75 Å². The molecule has 0 saturated carbocycles. The number of likely N-dealkylation sites (tertiary alicyclic amines) is 1. The molecule has 1 aliphatic rings. The quantitative estimate of drug-likeness (QED) is 0.361. The SMILES string of the molecule is COc1ccc2c(c1)c(CN1CCCC1c1cccc(Nc3ccc(C#N)nc3)n1)cn2C(C)C. The summed E-state index contributed by atoms with van der Waals surface area (Å²) in [6, 6.07) is 18.7. The third kappa shape index (κ3) is 4.71. The predicted octanol–water partition coefficient (Wildman–Crippen LogP) is 5.97. The molecule has 0 bridgehead atoms. The molecule has 1 atom stereocenters. The van der Waals surface area contributed by atoms with Crippen molar-refractivity contribution in [2.24, 2.45) is 0 Å². The molecule has 4 aromatic rings. The largest absolute Gasteiger partial charge is 0.497 e. The molecule has 4 heterocycles. The molecule has 1 aromatic carbocycles. The lowest BCUT2D eigenvalue weighted by molar-refractivity contribution is 0.245. The molecule has 1 N–H and O–H groups in total. The van der Waals surface area contributed by atoms with E-state index in [1.54, 1.807) is 19.4 Å². The fraction of sp³-hybridized carbons (Fsp3) is 0.321. The minimum absolute atomic E-state index is 0.263. The molecule has 1 saturated heterocycles. The first kappa shape index (κ1) is 22.9. The molecule has 1 unspecified atom stereocenters. The lowest BCUT2D eigenvalue weighted by Crippen LogP contribution is -2.23. The van der Waals surface area contributed by atoms with E-state index in [4.69, 9.17) is 15.0 Å². The van der Waals surface area contributed by atoms with Gasteiger partial charge in [0.15, 0.2) is 0 Å². The summed E-state index contributed by atoms with van der Waals surface area (Å²) in [6.45, 7) is 6.35.